The van der Waals surface area contributed by atoms with Gasteiger partial charge in [-0.15, -0.1) is 0 Å². The van der Waals surface area contributed by atoms with E-state index in [1.165, 1.54) is 154 Å². The van der Waals surface area contributed by atoms with Crippen LogP contribution in [0.1, 0.15) is 168 Å². The van der Waals surface area contributed by atoms with Crippen LogP contribution in [0.25, 0.3) is 0 Å². The number of hydrogen-bond acceptors (Lipinski definition) is 2. The average Bonchev–Trinajstić information content (AvgIpc) is 3.69. The van der Waals surface area contributed by atoms with Crippen LogP contribution < -0.4 is 33.9 Å². The van der Waals surface area contributed by atoms with Crippen molar-refractivity contribution in [2.45, 2.75) is 194 Å². The molecule has 2 aromatic heterocycles. The minimum absolute atomic E-state index is 0. The van der Waals surface area contributed by atoms with E-state index in [2.05, 4.69) is 69.6 Å². The number of unbranched alkanes of at least 4 members (excludes halogenated alkanes) is 22. The number of hydrogen-bond donors (Lipinski definition) is 0. The van der Waals surface area contributed by atoms with Gasteiger partial charge in [-0.3, -0.25) is 0 Å². The van der Waals surface area contributed by atoms with E-state index in [1.54, 1.807) is 0 Å². The first-order valence-corrected chi connectivity index (χ1v) is 19.1. The minimum atomic E-state index is 0. The van der Waals surface area contributed by atoms with Crippen molar-refractivity contribution in [1.29, 1.82) is 0 Å². The Morgan fingerprint density at radius 2 is 0.696 bits per heavy atom. The molecule has 0 N–H and O–H groups in total. The van der Waals surface area contributed by atoms with Crippen molar-refractivity contribution in [3.05, 3.63) is 37.4 Å². The fourth-order valence-corrected chi connectivity index (χ4v) is 6.02. The molecule has 0 saturated heterocycles. The number of halogens is 2. The molecule has 0 bridgehead atoms. The molecular formula is C38H72Cl2N4O2. The lowest BCUT2D eigenvalue weighted by Crippen LogP contribution is -3.00. The summed E-state index contributed by atoms with van der Waals surface area (Å²) in [4.78, 5) is 0. The lowest BCUT2D eigenvalue weighted by Gasteiger charge is -2.03. The molecule has 270 valence electrons. The highest BCUT2D eigenvalue weighted by Gasteiger charge is 2.06. The van der Waals surface area contributed by atoms with Gasteiger partial charge in [0.1, 0.15) is 24.8 Å². The van der Waals surface area contributed by atoms with Gasteiger partial charge in [-0.2, -0.15) is 0 Å². The maximum absolute atomic E-state index is 5.83. The molecule has 0 atom stereocenters. The van der Waals surface area contributed by atoms with Gasteiger partial charge in [0.25, 0.3) is 0 Å². The molecule has 2 aromatic rings. The van der Waals surface area contributed by atoms with Crippen LogP contribution in [0.2, 0.25) is 0 Å². The van der Waals surface area contributed by atoms with Gasteiger partial charge in [0, 0.05) is 0 Å². The van der Waals surface area contributed by atoms with Crippen molar-refractivity contribution < 1.29 is 43.4 Å². The summed E-state index contributed by atoms with van der Waals surface area (Å²) in [6.45, 7) is 9.16. The Hall–Kier alpha value is -1.08. The second-order valence-corrected chi connectivity index (χ2v) is 13.2. The van der Waals surface area contributed by atoms with Crippen LogP contribution in [0, 0.1) is 0 Å². The Morgan fingerprint density at radius 3 is 1.00 bits per heavy atom. The zero-order valence-electron chi connectivity index (χ0n) is 30.0. The van der Waals surface area contributed by atoms with Crippen LogP contribution >= 0.6 is 0 Å². The Bertz CT molecular complexity index is 806. The Kier molecular flexibility index (Phi) is 33.0. The molecule has 0 aliphatic carbocycles. The maximum atomic E-state index is 5.83. The minimum Gasteiger partial charge on any atom is -1.00 e. The second kappa shape index (κ2) is 33.8. The topological polar surface area (TPSA) is 36.1 Å². The zero-order valence-corrected chi connectivity index (χ0v) is 31.6. The predicted molar refractivity (Wildman–Crippen MR) is 183 cm³/mol. The molecule has 0 saturated carbocycles. The molecule has 0 unspecified atom stereocenters. The van der Waals surface area contributed by atoms with Crippen LogP contribution in [0.5, 0.6) is 0 Å². The third-order valence-corrected chi connectivity index (χ3v) is 8.88. The van der Waals surface area contributed by atoms with Crippen LogP contribution in [0.15, 0.2) is 37.4 Å². The van der Waals surface area contributed by atoms with Crippen molar-refractivity contribution in [3.8, 4) is 0 Å². The molecule has 0 fully saturated rings. The van der Waals surface area contributed by atoms with Crippen LogP contribution in [0.4, 0.5) is 0 Å². The van der Waals surface area contributed by atoms with Gasteiger partial charge in [0.2, 0.25) is 12.7 Å². The van der Waals surface area contributed by atoms with Crippen molar-refractivity contribution in [2.75, 3.05) is 13.2 Å². The molecule has 0 aromatic carbocycles. The van der Waals surface area contributed by atoms with E-state index in [1.807, 2.05) is 0 Å². The molecule has 0 spiro atoms. The third kappa shape index (κ3) is 25.9. The van der Waals surface area contributed by atoms with Gasteiger partial charge in [-0.1, -0.05) is 142 Å². The van der Waals surface area contributed by atoms with Gasteiger partial charge in [-0.25, -0.2) is 18.3 Å². The van der Waals surface area contributed by atoms with Crippen molar-refractivity contribution in [2.24, 2.45) is 0 Å². The van der Waals surface area contributed by atoms with Gasteiger partial charge < -0.3 is 34.3 Å². The molecule has 2 rings (SSSR count). The zero-order chi connectivity index (χ0) is 31.2. The molecule has 0 aliphatic heterocycles. The summed E-state index contributed by atoms with van der Waals surface area (Å²) in [6, 6.07) is 0. The largest absolute Gasteiger partial charge is 1.00 e. The van der Waals surface area contributed by atoms with E-state index in [4.69, 9.17) is 9.47 Å². The Labute approximate surface area is 296 Å². The van der Waals surface area contributed by atoms with E-state index in [0.717, 1.165) is 13.1 Å². The lowest BCUT2D eigenvalue weighted by molar-refractivity contribution is -0.737. The van der Waals surface area contributed by atoms with Crippen LogP contribution in [0.3, 0.4) is 0 Å². The highest BCUT2D eigenvalue weighted by atomic mass is 35.5. The summed E-state index contributed by atoms with van der Waals surface area (Å²) in [5.74, 6) is 0. The van der Waals surface area contributed by atoms with Gasteiger partial charge >= 0.3 is 0 Å². The molecule has 46 heavy (non-hydrogen) atoms. The monoisotopic (exact) mass is 687 g/mol. The molecule has 0 aliphatic rings. The first kappa shape index (κ1) is 44.9. The first-order chi connectivity index (χ1) is 21.8. The molecule has 6 nitrogen and oxygen atoms in total. The fourth-order valence-electron chi connectivity index (χ4n) is 6.02. The number of nitrogens with zero attached hydrogens (tertiary/aromatic N) is 4. The quantitative estimate of drug-likeness (QED) is 0.0844. The van der Waals surface area contributed by atoms with Crippen LogP contribution in [-0.2, 0) is 36.0 Å². The van der Waals surface area contributed by atoms with Crippen molar-refractivity contribution in [3.63, 3.8) is 0 Å². The Morgan fingerprint density at radius 1 is 0.413 bits per heavy atom. The number of aromatic nitrogens is 4. The highest BCUT2D eigenvalue weighted by Crippen LogP contribution is 2.13. The molecule has 8 heteroatoms. The second-order valence-electron chi connectivity index (χ2n) is 13.2. The van der Waals surface area contributed by atoms with Gasteiger partial charge in [-0.05, 0) is 25.7 Å². The van der Waals surface area contributed by atoms with Gasteiger partial charge in [0.15, 0.2) is 13.5 Å². The number of aryl methyl sites for hydroxylation is 2. The van der Waals surface area contributed by atoms with Crippen molar-refractivity contribution >= 4 is 0 Å². The molecule has 0 amide bonds. The summed E-state index contributed by atoms with van der Waals surface area (Å²) in [6.07, 6.45) is 46.4. The molecule has 0 radical (unpaired) electrons. The van der Waals surface area contributed by atoms with Gasteiger partial charge in [0.05, 0.1) is 26.3 Å². The average molecular weight is 688 g/mol. The van der Waals surface area contributed by atoms with E-state index < -0.39 is 0 Å². The SMILES string of the molecule is CCCCCCCCCCCCCCn1cc[n+](COCCOC[n+]2ccn(CCCCCCCCCCCCCC)c2)c1.[Cl-].[Cl-]. The van der Waals surface area contributed by atoms with E-state index in [-0.39, 0.29) is 24.8 Å². The number of rotatable bonds is 33. The highest BCUT2D eigenvalue weighted by molar-refractivity contribution is 4.67. The summed E-state index contributed by atoms with van der Waals surface area (Å²) < 4.78 is 20.5. The predicted octanol–water partition coefficient (Wildman–Crippen LogP) is 3.92. The maximum Gasteiger partial charge on any atom is 0.245 e. The molecule has 2 heterocycles. The lowest BCUT2D eigenvalue weighted by atomic mass is 10.1. The summed E-state index contributed by atoms with van der Waals surface area (Å²) in [7, 11) is 0. The summed E-state index contributed by atoms with van der Waals surface area (Å²) >= 11 is 0. The standard InChI is InChI=1S/C38H72N4O2.2ClH/c1-3-5-7-9-11-13-15-17-19-21-23-25-27-39-29-31-41(35-39)37-43-33-34-44-38-42-32-30-40(36-42)28-26-24-22-20-18-16-14-12-10-8-6-4-2;;/h29-32,35-36H,3-28,33-34,37-38H2,1-2H3;2*1H/q+2;;/p-2. The summed E-state index contributed by atoms with van der Waals surface area (Å²) in [5, 5.41) is 0. The third-order valence-electron chi connectivity index (χ3n) is 8.88. The Balaban J connectivity index is 0.0000101. The smallest absolute Gasteiger partial charge is 0.245 e. The first-order valence-electron chi connectivity index (χ1n) is 19.1. The van der Waals surface area contributed by atoms with Crippen molar-refractivity contribution in [1.82, 2.24) is 9.13 Å². The fraction of sp³-hybridized carbons (Fsp3) is 0.842. The van der Waals surface area contributed by atoms with E-state index >= 15 is 0 Å². The van der Waals surface area contributed by atoms with E-state index in [0.29, 0.717) is 26.7 Å². The number of imidazole rings is 2. The summed E-state index contributed by atoms with van der Waals surface area (Å²) in [5.41, 5.74) is 0. The number of ether oxygens (including phenoxy) is 2. The normalized spacial score (nSPS) is 11.1. The van der Waals surface area contributed by atoms with E-state index in [9.17, 15) is 0 Å². The molecular weight excluding hydrogens is 615 g/mol. The van der Waals surface area contributed by atoms with Crippen LogP contribution in [-0.4, -0.2) is 22.3 Å².